The van der Waals surface area contributed by atoms with Crippen LogP contribution in [0.15, 0.2) is 213 Å². The molecule has 0 N–H and O–H groups in total. The number of rotatable bonds is 7. The molecule has 61 heavy (non-hydrogen) atoms. The molecular formula is C55H41N5O. The van der Waals surface area contributed by atoms with Gasteiger partial charge in [0.25, 0.3) is 0 Å². The van der Waals surface area contributed by atoms with Gasteiger partial charge in [-0.1, -0.05) is 98.8 Å². The first kappa shape index (κ1) is 36.1. The van der Waals surface area contributed by atoms with Crippen LogP contribution in [0.5, 0.6) is 11.5 Å². The van der Waals surface area contributed by atoms with Crippen LogP contribution >= 0.6 is 0 Å². The smallest absolute Gasteiger partial charge is 0.151 e. The van der Waals surface area contributed by atoms with E-state index < -0.39 is 0 Å². The fraction of sp³-hybridized carbons (Fsp3) is 0.0545. The van der Waals surface area contributed by atoms with Gasteiger partial charge in [-0.2, -0.15) is 0 Å². The van der Waals surface area contributed by atoms with E-state index in [-0.39, 0.29) is 5.41 Å². The third kappa shape index (κ3) is 6.28. The summed E-state index contributed by atoms with van der Waals surface area (Å²) in [7, 11) is 0. The molecular weight excluding hydrogens is 747 g/mol. The van der Waals surface area contributed by atoms with Gasteiger partial charge in [0.05, 0.1) is 39.8 Å². The van der Waals surface area contributed by atoms with Crippen molar-refractivity contribution in [1.82, 2.24) is 9.97 Å². The maximum Gasteiger partial charge on any atom is 0.151 e. The van der Waals surface area contributed by atoms with E-state index in [0.29, 0.717) is 0 Å². The molecule has 6 heteroatoms. The zero-order valence-corrected chi connectivity index (χ0v) is 33.9. The molecule has 0 atom stereocenters. The molecule has 0 amide bonds. The second kappa shape index (κ2) is 14.7. The zero-order chi connectivity index (χ0) is 40.9. The Labute approximate surface area is 356 Å². The predicted molar refractivity (Wildman–Crippen MR) is 249 cm³/mol. The summed E-state index contributed by atoms with van der Waals surface area (Å²) in [5.74, 6) is 1.61. The van der Waals surface area contributed by atoms with Crippen LogP contribution < -0.4 is 19.4 Å². The fourth-order valence-electron chi connectivity index (χ4n) is 9.04. The Hall–Kier alpha value is -7.96. The molecule has 2 aliphatic heterocycles. The predicted octanol–water partition coefficient (Wildman–Crippen LogP) is 15.0. The molecule has 6 nitrogen and oxygen atoms in total. The summed E-state index contributed by atoms with van der Waals surface area (Å²) in [5.41, 5.74) is 16.2. The number of benzene rings is 7. The maximum atomic E-state index is 6.53. The average Bonchev–Trinajstić information content (AvgIpc) is 3.32. The first-order valence-electron chi connectivity index (χ1n) is 20.6. The van der Waals surface area contributed by atoms with Crippen molar-refractivity contribution in [3.63, 3.8) is 0 Å². The van der Waals surface area contributed by atoms with Gasteiger partial charge in [0.15, 0.2) is 11.5 Å². The first-order valence-corrected chi connectivity index (χ1v) is 20.6. The van der Waals surface area contributed by atoms with Gasteiger partial charge in [-0.05, 0) is 137 Å². The van der Waals surface area contributed by atoms with Crippen molar-refractivity contribution < 1.29 is 4.74 Å². The Morgan fingerprint density at radius 3 is 1.23 bits per heavy atom. The Morgan fingerprint density at radius 1 is 0.393 bits per heavy atom. The number of ether oxygens (including phenoxy) is 1. The lowest BCUT2D eigenvalue weighted by atomic mass is 9.73. The minimum atomic E-state index is -0.203. The largest absolute Gasteiger partial charge is 0.453 e. The summed E-state index contributed by atoms with van der Waals surface area (Å²) in [6.45, 7) is 4.66. The van der Waals surface area contributed by atoms with Gasteiger partial charge in [-0.3, -0.25) is 9.97 Å². The molecule has 0 fully saturated rings. The Balaban J connectivity index is 1.17. The molecule has 11 rings (SSSR count). The van der Waals surface area contributed by atoms with Gasteiger partial charge in [0.2, 0.25) is 0 Å². The number of para-hydroxylation sites is 6. The molecule has 292 valence electrons. The molecule has 2 aromatic heterocycles. The topological polar surface area (TPSA) is 44.7 Å². The minimum Gasteiger partial charge on any atom is -0.453 e. The molecule has 9 aromatic rings. The van der Waals surface area contributed by atoms with Crippen molar-refractivity contribution in [3.05, 3.63) is 224 Å². The summed E-state index contributed by atoms with van der Waals surface area (Å²) in [6.07, 6.45) is 7.36. The number of pyridine rings is 2. The van der Waals surface area contributed by atoms with E-state index in [1.54, 1.807) is 0 Å². The van der Waals surface area contributed by atoms with Crippen LogP contribution in [-0.4, -0.2) is 9.97 Å². The lowest BCUT2D eigenvalue weighted by Crippen LogP contribution is -2.30. The highest BCUT2D eigenvalue weighted by atomic mass is 16.5. The minimum absolute atomic E-state index is 0.203. The van der Waals surface area contributed by atoms with Gasteiger partial charge in [-0.15, -0.1) is 0 Å². The summed E-state index contributed by atoms with van der Waals surface area (Å²) in [4.78, 5) is 15.7. The Bertz CT molecular complexity index is 2860. The van der Waals surface area contributed by atoms with Crippen molar-refractivity contribution in [3.8, 4) is 33.8 Å². The highest BCUT2D eigenvalue weighted by molar-refractivity contribution is 5.94. The van der Waals surface area contributed by atoms with Gasteiger partial charge >= 0.3 is 0 Å². The summed E-state index contributed by atoms with van der Waals surface area (Å²) >= 11 is 0. The van der Waals surface area contributed by atoms with Crippen molar-refractivity contribution >= 4 is 51.2 Å². The number of fused-ring (bicyclic) bond motifs is 4. The Kier molecular flexibility index (Phi) is 8.71. The van der Waals surface area contributed by atoms with Crippen molar-refractivity contribution in [2.24, 2.45) is 0 Å². The monoisotopic (exact) mass is 787 g/mol. The van der Waals surface area contributed by atoms with Crippen molar-refractivity contribution in [1.29, 1.82) is 0 Å². The van der Waals surface area contributed by atoms with E-state index in [1.165, 1.54) is 11.1 Å². The van der Waals surface area contributed by atoms with Crippen LogP contribution in [0.4, 0.5) is 51.2 Å². The summed E-state index contributed by atoms with van der Waals surface area (Å²) in [6, 6.07) is 67.1. The van der Waals surface area contributed by atoms with Gasteiger partial charge < -0.3 is 19.4 Å². The standard InChI is InChI=1S/C55H41N5O/c1-55(2)47-11-3-5-13-49(47)59(50-14-6-4-12-48(50)55)45-35-44(36-46(37-45)60-51-15-7-9-17-53(51)61-54-18-10-8-16-52(54)60)58(42-23-19-38(20-24-42)40-27-31-56-32-28-40)43-25-21-39(22-26-43)41-29-33-57-34-30-41/h3-37H,1-2H3. The number of anilines is 9. The average molecular weight is 788 g/mol. The molecule has 0 saturated heterocycles. The number of hydrogen-bond acceptors (Lipinski definition) is 6. The lowest BCUT2D eigenvalue weighted by molar-refractivity contribution is 0.477. The van der Waals surface area contributed by atoms with E-state index in [4.69, 9.17) is 4.74 Å². The van der Waals surface area contributed by atoms with Crippen LogP contribution in [0.1, 0.15) is 25.0 Å². The molecule has 0 unspecified atom stereocenters. The number of hydrogen-bond donors (Lipinski definition) is 0. The van der Waals surface area contributed by atoms with E-state index >= 15 is 0 Å². The molecule has 0 spiro atoms. The van der Waals surface area contributed by atoms with Crippen molar-refractivity contribution in [2.45, 2.75) is 19.3 Å². The van der Waals surface area contributed by atoms with Crippen LogP contribution in [-0.2, 0) is 5.41 Å². The fourth-order valence-corrected chi connectivity index (χ4v) is 9.04. The highest BCUT2D eigenvalue weighted by Gasteiger charge is 2.37. The second-order valence-electron chi connectivity index (χ2n) is 16.0. The molecule has 7 aromatic carbocycles. The molecule has 0 aliphatic carbocycles. The van der Waals surface area contributed by atoms with Gasteiger partial charge in [-0.25, -0.2) is 0 Å². The Morgan fingerprint density at radius 2 is 0.770 bits per heavy atom. The summed E-state index contributed by atoms with van der Waals surface area (Å²) in [5, 5.41) is 0. The molecule has 0 radical (unpaired) electrons. The molecule has 2 aliphatic rings. The van der Waals surface area contributed by atoms with Crippen LogP contribution in [0.3, 0.4) is 0 Å². The second-order valence-corrected chi connectivity index (χ2v) is 16.0. The van der Waals surface area contributed by atoms with Crippen molar-refractivity contribution in [2.75, 3.05) is 14.7 Å². The van der Waals surface area contributed by atoms with Gasteiger partial charge in [0.1, 0.15) is 0 Å². The zero-order valence-electron chi connectivity index (χ0n) is 33.9. The van der Waals surface area contributed by atoms with E-state index in [2.05, 4.69) is 178 Å². The molecule has 0 bridgehead atoms. The molecule has 4 heterocycles. The third-order valence-electron chi connectivity index (χ3n) is 12.0. The number of aromatic nitrogens is 2. The van der Waals surface area contributed by atoms with Gasteiger partial charge in [0, 0.05) is 41.6 Å². The molecule has 0 saturated carbocycles. The van der Waals surface area contributed by atoms with Crippen LogP contribution in [0, 0.1) is 0 Å². The maximum absolute atomic E-state index is 6.53. The normalized spacial score (nSPS) is 13.3. The van der Waals surface area contributed by atoms with E-state index in [1.807, 2.05) is 73.3 Å². The van der Waals surface area contributed by atoms with Crippen LogP contribution in [0.25, 0.3) is 22.3 Å². The lowest BCUT2D eigenvalue weighted by Gasteiger charge is -2.42. The SMILES string of the molecule is CC1(C)c2ccccc2N(c2cc(N(c3ccc(-c4ccncc4)cc3)c3ccc(-c4ccncc4)cc3)cc(N3c4ccccc4Oc4ccccc43)c2)c2ccccc21. The quantitative estimate of drug-likeness (QED) is 0.160. The highest BCUT2D eigenvalue weighted by Crippen LogP contribution is 2.56. The number of nitrogens with zero attached hydrogens (tertiary/aromatic N) is 5. The van der Waals surface area contributed by atoms with Crippen LogP contribution in [0.2, 0.25) is 0 Å². The van der Waals surface area contributed by atoms with E-state index in [9.17, 15) is 0 Å². The third-order valence-corrected chi connectivity index (χ3v) is 12.0. The van der Waals surface area contributed by atoms with E-state index in [0.717, 1.165) is 84.9 Å². The summed E-state index contributed by atoms with van der Waals surface area (Å²) < 4.78 is 6.53. The first-order chi connectivity index (χ1) is 30.0.